The molecular weight excluding hydrogens is 489 g/mol. The Labute approximate surface area is 199 Å². The molecule has 0 amide bonds. The van der Waals surface area contributed by atoms with Crippen molar-refractivity contribution in [1.82, 2.24) is 10.3 Å². The Morgan fingerprint density at radius 2 is 1.88 bits per heavy atom. The Kier molecular flexibility index (Phi) is 5.53. The number of aromatic nitrogens is 1. The molecule has 0 radical (unpaired) electrons. The van der Waals surface area contributed by atoms with E-state index in [0.29, 0.717) is 16.6 Å². The normalized spacial score (nSPS) is 18.1. The smallest absolute Gasteiger partial charge is 0.174 e. The molecule has 1 saturated heterocycles. The quantitative estimate of drug-likeness (QED) is 0.310. The number of nitrogens with one attached hydrogen (secondary N) is 1. The minimum Gasteiger partial charge on any atom is -0.459 e. The van der Waals surface area contributed by atoms with Crippen LogP contribution in [0, 0.1) is 12.7 Å². The fraction of sp³-hybridized carbons (Fsp3) is 0.120. The molecule has 3 heterocycles. The molecule has 0 unspecified atom stereocenters. The summed E-state index contributed by atoms with van der Waals surface area (Å²) in [6.07, 6.45) is 1.74. The van der Waals surface area contributed by atoms with E-state index < -0.39 is 6.04 Å². The van der Waals surface area contributed by atoms with E-state index in [9.17, 15) is 4.39 Å². The number of hydrogen-bond acceptors (Lipinski definition) is 3. The Balaban J connectivity index is 1.62. The van der Waals surface area contributed by atoms with E-state index in [0.717, 1.165) is 27.1 Å². The molecule has 160 valence electrons. The van der Waals surface area contributed by atoms with Crippen LogP contribution in [-0.2, 0) is 0 Å². The van der Waals surface area contributed by atoms with Gasteiger partial charge in [0.05, 0.1) is 17.4 Å². The highest BCUT2D eigenvalue weighted by atomic mass is 79.9. The summed E-state index contributed by atoms with van der Waals surface area (Å²) in [5.74, 6) is 1.04. The minimum atomic E-state index is -0.410. The van der Waals surface area contributed by atoms with Crippen molar-refractivity contribution >= 4 is 38.9 Å². The van der Waals surface area contributed by atoms with Gasteiger partial charge in [0.2, 0.25) is 0 Å². The fourth-order valence-corrected chi connectivity index (χ4v) is 5.05. The van der Waals surface area contributed by atoms with Crippen LogP contribution in [-0.4, -0.2) is 10.1 Å². The average Bonchev–Trinajstić information content (AvgIpc) is 3.39. The second kappa shape index (κ2) is 8.48. The zero-order chi connectivity index (χ0) is 22.2. The van der Waals surface area contributed by atoms with Crippen LogP contribution < -0.4 is 10.2 Å². The van der Waals surface area contributed by atoms with Crippen LogP contribution in [0.15, 0.2) is 87.9 Å². The van der Waals surface area contributed by atoms with Gasteiger partial charge < -0.3 is 14.6 Å². The molecule has 2 aromatic heterocycles. The molecule has 1 N–H and O–H groups in total. The number of para-hydroxylation sites is 1. The first-order valence-electron chi connectivity index (χ1n) is 10.1. The standard InChI is InChI=1S/C25H19BrFN3OS/c1-15-9-10-16(17(26)14-15)21-11-12-22(31-21)24-23(19-7-4-5-13-28-19)29-25(32)30(24)20-8-3-2-6-18(20)27/h2-14,23-24H,1H3,(H,29,32)/t23-,24+/m0/s1. The number of thiocarbonyl (C=S) groups is 1. The molecule has 0 bridgehead atoms. The average molecular weight is 508 g/mol. The number of furan rings is 1. The fourth-order valence-electron chi connectivity index (χ4n) is 4.03. The maximum atomic E-state index is 14.8. The molecule has 0 saturated carbocycles. The van der Waals surface area contributed by atoms with Crippen LogP contribution in [0.3, 0.4) is 0 Å². The Morgan fingerprint density at radius 1 is 1.06 bits per heavy atom. The summed E-state index contributed by atoms with van der Waals surface area (Å²) < 4.78 is 22.1. The summed E-state index contributed by atoms with van der Waals surface area (Å²) in [7, 11) is 0. The third-order valence-electron chi connectivity index (χ3n) is 5.52. The summed E-state index contributed by atoms with van der Waals surface area (Å²) in [5, 5.41) is 3.74. The highest BCUT2D eigenvalue weighted by Gasteiger charge is 2.43. The van der Waals surface area contributed by atoms with Crippen LogP contribution in [0.4, 0.5) is 10.1 Å². The lowest BCUT2D eigenvalue weighted by Gasteiger charge is -2.26. The lowest BCUT2D eigenvalue weighted by Crippen LogP contribution is -2.30. The molecule has 2 aromatic carbocycles. The number of hydrogen-bond donors (Lipinski definition) is 1. The van der Waals surface area contributed by atoms with Gasteiger partial charge in [-0.2, -0.15) is 0 Å². The number of nitrogens with zero attached hydrogens (tertiary/aromatic N) is 2. The third-order valence-corrected chi connectivity index (χ3v) is 6.49. The van der Waals surface area contributed by atoms with Crippen LogP contribution >= 0.6 is 28.1 Å². The van der Waals surface area contributed by atoms with Gasteiger partial charge in [-0.25, -0.2) is 4.39 Å². The summed E-state index contributed by atoms with van der Waals surface area (Å²) in [4.78, 5) is 6.29. The monoisotopic (exact) mass is 507 g/mol. The molecular formula is C25H19BrFN3OS. The molecule has 1 aliphatic rings. The highest BCUT2D eigenvalue weighted by molar-refractivity contribution is 9.10. The maximum absolute atomic E-state index is 14.8. The predicted molar refractivity (Wildman–Crippen MR) is 131 cm³/mol. The number of pyridine rings is 1. The van der Waals surface area contributed by atoms with Crippen LogP contribution in [0.2, 0.25) is 0 Å². The number of rotatable bonds is 4. The van der Waals surface area contributed by atoms with Gasteiger partial charge in [0, 0.05) is 16.2 Å². The zero-order valence-corrected chi connectivity index (χ0v) is 19.5. The molecule has 32 heavy (non-hydrogen) atoms. The predicted octanol–water partition coefficient (Wildman–Crippen LogP) is 6.73. The molecule has 0 spiro atoms. The molecule has 4 nitrogen and oxygen atoms in total. The Hall–Kier alpha value is -3.03. The van der Waals surface area contributed by atoms with Crippen molar-refractivity contribution in [2.75, 3.05) is 4.90 Å². The third kappa shape index (κ3) is 3.72. The molecule has 1 aliphatic heterocycles. The second-order valence-corrected chi connectivity index (χ2v) is 8.87. The number of aryl methyl sites for hydroxylation is 1. The first-order valence-corrected chi connectivity index (χ1v) is 11.3. The largest absolute Gasteiger partial charge is 0.459 e. The van der Waals surface area contributed by atoms with Crippen molar-refractivity contribution in [2.45, 2.75) is 19.0 Å². The lowest BCUT2D eigenvalue weighted by molar-refractivity contribution is 0.437. The number of benzene rings is 2. The number of anilines is 1. The van der Waals surface area contributed by atoms with Gasteiger partial charge in [-0.15, -0.1) is 0 Å². The van der Waals surface area contributed by atoms with Gasteiger partial charge in [-0.05, 0) is 73.2 Å². The van der Waals surface area contributed by atoms with Crippen molar-refractivity contribution < 1.29 is 8.81 Å². The van der Waals surface area contributed by atoms with Crippen molar-refractivity contribution in [3.05, 3.63) is 106 Å². The summed E-state index contributed by atoms with van der Waals surface area (Å²) in [5.41, 5.74) is 3.29. The van der Waals surface area contributed by atoms with E-state index in [1.165, 1.54) is 6.07 Å². The maximum Gasteiger partial charge on any atom is 0.174 e. The number of halogens is 2. The highest BCUT2D eigenvalue weighted by Crippen LogP contribution is 2.44. The minimum absolute atomic E-state index is 0.302. The first kappa shape index (κ1) is 20.8. The van der Waals surface area contributed by atoms with E-state index in [-0.39, 0.29) is 11.9 Å². The molecule has 0 aliphatic carbocycles. The van der Waals surface area contributed by atoms with Gasteiger partial charge in [0.1, 0.15) is 23.4 Å². The molecule has 5 rings (SSSR count). The van der Waals surface area contributed by atoms with E-state index in [4.69, 9.17) is 16.6 Å². The summed E-state index contributed by atoms with van der Waals surface area (Å²) in [6, 6.07) is 21.6. The van der Waals surface area contributed by atoms with Crippen molar-refractivity contribution in [1.29, 1.82) is 0 Å². The van der Waals surface area contributed by atoms with Crippen molar-refractivity contribution in [3.8, 4) is 11.3 Å². The van der Waals surface area contributed by atoms with E-state index in [2.05, 4.69) is 26.2 Å². The van der Waals surface area contributed by atoms with Crippen LogP contribution in [0.25, 0.3) is 11.3 Å². The van der Waals surface area contributed by atoms with Gasteiger partial charge in [-0.1, -0.05) is 40.2 Å². The van der Waals surface area contributed by atoms with E-state index >= 15 is 0 Å². The zero-order valence-electron chi connectivity index (χ0n) is 17.1. The van der Waals surface area contributed by atoms with Gasteiger partial charge in [0.25, 0.3) is 0 Å². The van der Waals surface area contributed by atoms with Crippen molar-refractivity contribution in [3.63, 3.8) is 0 Å². The Bertz CT molecular complexity index is 1290. The van der Waals surface area contributed by atoms with Gasteiger partial charge >= 0.3 is 0 Å². The van der Waals surface area contributed by atoms with E-state index in [1.54, 1.807) is 29.3 Å². The topological polar surface area (TPSA) is 41.3 Å². The molecule has 2 atom stereocenters. The van der Waals surface area contributed by atoms with Crippen molar-refractivity contribution in [2.24, 2.45) is 0 Å². The SMILES string of the molecule is Cc1ccc(-c2ccc([C@@H]3[C@H](c4ccccn4)NC(=S)N3c3ccccc3F)o2)c(Br)c1. The van der Waals surface area contributed by atoms with Gasteiger partial charge in [-0.3, -0.25) is 4.98 Å². The van der Waals surface area contributed by atoms with Crippen LogP contribution in [0.1, 0.15) is 29.1 Å². The summed E-state index contributed by atoms with van der Waals surface area (Å²) >= 11 is 9.27. The molecule has 7 heteroatoms. The van der Waals surface area contributed by atoms with Crippen LogP contribution in [0.5, 0.6) is 0 Å². The molecule has 1 fully saturated rings. The summed E-state index contributed by atoms with van der Waals surface area (Å²) in [6.45, 7) is 2.04. The molecule has 4 aromatic rings. The first-order chi connectivity index (χ1) is 15.5. The second-order valence-electron chi connectivity index (χ2n) is 7.63. The lowest BCUT2D eigenvalue weighted by atomic mass is 10.0. The van der Waals surface area contributed by atoms with E-state index in [1.807, 2.05) is 55.5 Å². The Morgan fingerprint density at radius 3 is 2.62 bits per heavy atom. The van der Waals surface area contributed by atoms with Gasteiger partial charge in [0.15, 0.2) is 5.11 Å².